The van der Waals surface area contributed by atoms with Crippen molar-refractivity contribution in [1.29, 1.82) is 0 Å². The molecule has 0 spiro atoms. The molecular formula is C11H14N6S. The van der Waals surface area contributed by atoms with Crippen LogP contribution in [0.5, 0.6) is 0 Å². The first-order valence-electron chi connectivity index (χ1n) is 5.36. The Bertz CT molecular complexity index is 564. The van der Waals surface area contributed by atoms with E-state index in [1.807, 2.05) is 29.8 Å². The first kappa shape index (κ1) is 12.4. The number of thiocarbonyl (C=S) groups is 1. The molecule has 0 fully saturated rings. The van der Waals surface area contributed by atoms with Gasteiger partial charge in [0.15, 0.2) is 0 Å². The summed E-state index contributed by atoms with van der Waals surface area (Å²) in [5.74, 6) is 1.64. The third kappa shape index (κ3) is 2.45. The molecule has 94 valence electrons. The van der Waals surface area contributed by atoms with Gasteiger partial charge in [-0.1, -0.05) is 12.2 Å². The molecule has 0 radical (unpaired) electrons. The molecule has 0 saturated carbocycles. The third-order valence-electron chi connectivity index (χ3n) is 2.62. The van der Waals surface area contributed by atoms with Crippen LogP contribution in [0.15, 0.2) is 24.9 Å². The van der Waals surface area contributed by atoms with Crippen molar-refractivity contribution in [1.82, 2.24) is 19.5 Å². The minimum atomic E-state index is 0.289. The Labute approximate surface area is 110 Å². The molecule has 0 atom stereocenters. The summed E-state index contributed by atoms with van der Waals surface area (Å²) >= 11 is 4.99. The molecule has 0 unspecified atom stereocenters. The highest BCUT2D eigenvalue weighted by Gasteiger charge is 2.13. The predicted octanol–water partition coefficient (Wildman–Crippen LogP) is 0.481. The number of rotatable bonds is 4. The lowest BCUT2D eigenvalue weighted by Crippen LogP contribution is -2.24. The molecule has 2 aromatic heterocycles. The first-order valence-corrected chi connectivity index (χ1v) is 5.77. The van der Waals surface area contributed by atoms with E-state index in [1.54, 1.807) is 12.4 Å². The number of aromatic nitrogens is 4. The largest absolute Gasteiger partial charge is 0.389 e. The average molecular weight is 262 g/mol. The van der Waals surface area contributed by atoms with Gasteiger partial charge in [-0.25, -0.2) is 15.0 Å². The summed E-state index contributed by atoms with van der Waals surface area (Å²) in [6, 6.07) is 0. The number of anilines is 1. The first-order chi connectivity index (χ1) is 8.59. The normalized spacial score (nSPS) is 10.3. The number of hydrogen-bond acceptors (Lipinski definition) is 5. The van der Waals surface area contributed by atoms with Gasteiger partial charge in [0.2, 0.25) is 0 Å². The molecule has 6 nitrogen and oxygen atoms in total. The zero-order chi connectivity index (χ0) is 13.1. The standard InChI is InChI=1S/C11H14N6S/c1-16-4-3-14-9(16)6-17(2)11-8(10(12)18)5-13-7-15-11/h3-5,7H,6H2,1-2H3,(H2,12,18). The average Bonchev–Trinajstić information content (AvgIpc) is 2.75. The SMILES string of the molecule is CN(Cc1nccn1C)c1ncncc1C(N)=S. The Balaban J connectivity index is 2.26. The van der Waals surface area contributed by atoms with E-state index in [-0.39, 0.29) is 4.99 Å². The molecule has 0 aromatic carbocycles. The van der Waals surface area contributed by atoms with Crippen LogP contribution in [0.2, 0.25) is 0 Å². The Hall–Kier alpha value is -2.02. The monoisotopic (exact) mass is 262 g/mol. The molecule has 0 aliphatic rings. The molecule has 2 rings (SSSR count). The molecule has 2 N–H and O–H groups in total. The molecule has 7 heteroatoms. The van der Waals surface area contributed by atoms with Crippen molar-refractivity contribution in [3.8, 4) is 0 Å². The van der Waals surface area contributed by atoms with Crippen molar-refractivity contribution in [3.63, 3.8) is 0 Å². The smallest absolute Gasteiger partial charge is 0.142 e. The van der Waals surface area contributed by atoms with Crippen molar-refractivity contribution in [2.24, 2.45) is 12.8 Å². The summed E-state index contributed by atoms with van der Waals surface area (Å²) in [5.41, 5.74) is 6.33. The maximum Gasteiger partial charge on any atom is 0.142 e. The maximum atomic E-state index is 5.66. The Morgan fingerprint density at radius 1 is 1.50 bits per heavy atom. The number of nitrogens with zero attached hydrogens (tertiary/aromatic N) is 5. The van der Waals surface area contributed by atoms with E-state index < -0.39 is 0 Å². The number of imidazole rings is 1. The minimum Gasteiger partial charge on any atom is -0.389 e. The van der Waals surface area contributed by atoms with Crippen LogP contribution < -0.4 is 10.6 Å². The lowest BCUT2D eigenvalue weighted by atomic mass is 10.3. The Morgan fingerprint density at radius 2 is 2.28 bits per heavy atom. The summed E-state index contributed by atoms with van der Waals surface area (Å²) in [6.07, 6.45) is 6.76. The van der Waals surface area contributed by atoms with Crippen LogP contribution in [0.3, 0.4) is 0 Å². The summed E-state index contributed by atoms with van der Waals surface area (Å²) in [7, 11) is 3.86. The molecule has 0 saturated heterocycles. The van der Waals surface area contributed by atoms with E-state index in [0.29, 0.717) is 17.9 Å². The van der Waals surface area contributed by atoms with E-state index in [2.05, 4.69) is 15.0 Å². The predicted molar refractivity (Wildman–Crippen MR) is 73.2 cm³/mol. The summed E-state index contributed by atoms with van der Waals surface area (Å²) < 4.78 is 1.96. The lowest BCUT2D eigenvalue weighted by Gasteiger charge is -2.19. The third-order valence-corrected chi connectivity index (χ3v) is 2.84. The molecule has 0 amide bonds. The van der Waals surface area contributed by atoms with Crippen LogP contribution in [0, 0.1) is 0 Å². The maximum absolute atomic E-state index is 5.66. The highest BCUT2D eigenvalue weighted by molar-refractivity contribution is 7.80. The molecular weight excluding hydrogens is 248 g/mol. The van der Waals surface area contributed by atoms with Crippen molar-refractivity contribution in [3.05, 3.63) is 36.3 Å². The van der Waals surface area contributed by atoms with Gasteiger partial charge in [-0.05, 0) is 0 Å². The van der Waals surface area contributed by atoms with Gasteiger partial charge < -0.3 is 15.2 Å². The topological polar surface area (TPSA) is 72.9 Å². The van der Waals surface area contributed by atoms with E-state index in [1.165, 1.54) is 6.33 Å². The van der Waals surface area contributed by atoms with E-state index >= 15 is 0 Å². The van der Waals surface area contributed by atoms with Gasteiger partial charge in [0.25, 0.3) is 0 Å². The van der Waals surface area contributed by atoms with Crippen LogP contribution in [-0.4, -0.2) is 31.6 Å². The van der Waals surface area contributed by atoms with Gasteiger partial charge in [0.05, 0.1) is 12.1 Å². The number of nitrogens with two attached hydrogens (primary N) is 1. The van der Waals surface area contributed by atoms with Crippen molar-refractivity contribution >= 4 is 23.0 Å². The van der Waals surface area contributed by atoms with Gasteiger partial charge in [0, 0.05) is 32.7 Å². The molecule has 0 bridgehead atoms. The quantitative estimate of drug-likeness (QED) is 0.808. The zero-order valence-corrected chi connectivity index (χ0v) is 11.1. The second kappa shape index (κ2) is 5.09. The van der Waals surface area contributed by atoms with Gasteiger partial charge >= 0.3 is 0 Å². The summed E-state index contributed by atoms with van der Waals surface area (Å²) in [5, 5.41) is 0. The number of hydrogen-bond donors (Lipinski definition) is 1. The van der Waals surface area contributed by atoms with Gasteiger partial charge in [0.1, 0.15) is 23.0 Å². The second-order valence-corrected chi connectivity index (χ2v) is 4.37. The highest BCUT2D eigenvalue weighted by Crippen LogP contribution is 2.16. The fraction of sp³-hybridized carbons (Fsp3) is 0.273. The van der Waals surface area contributed by atoms with E-state index in [9.17, 15) is 0 Å². The van der Waals surface area contributed by atoms with Crippen LogP contribution in [-0.2, 0) is 13.6 Å². The van der Waals surface area contributed by atoms with Gasteiger partial charge in [-0.3, -0.25) is 0 Å². The van der Waals surface area contributed by atoms with Crippen molar-refractivity contribution < 1.29 is 0 Å². The molecule has 0 aliphatic carbocycles. The van der Waals surface area contributed by atoms with Gasteiger partial charge in [-0.2, -0.15) is 0 Å². The Kier molecular flexibility index (Phi) is 3.52. The molecule has 2 aromatic rings. The second-order valence-electron chi connectivity index (χ2n) is 3.93. The fourth-order valence-electron chi connectivity index (χ4n) is 1.64. The van der Waals surface area contributed by atoms with Crippen molar-refractivity contribution in [2.45, 2.75) is 6.54 Å². The highest BCUT2D eigenvalue weighted by atomic mass is 32.1. The minimum absolute atomic E-state index is 0.289. The van der Waals surface area contributed by atoms with Crippen LogP contribution in [0.4, 0.5) is 5.82 Å². The van der Waals surface area contributed by atoms with Gasteiger partial charge in [-0.15, -0.1) is 0 Å². The fourth-order valence-corrected chi connectivity index (χ4v) is 1.78. The van der Waals surface area contributed by atoms with E-state index in [0.717, 1.165) is 5.82 Å². The van der Waals surface area contributed by atoms with Crippen LogP contribution in [0.25, 0.3) is 0 Å². The van der Waals surface area contributed by atoms with E-state index in [4.69, 9.17) is 18.0 Å². The summed E-state index contributed by atoms with van der Waals surface area (Å²) in [4.78, 5) is 14.7. The van der Waals surface area contributed by atoms with Crippen molar-refractivity contribution in [2.75, 3.05) is 11.9 Å². The molecule has 0 aliphatic heterocycles. The van der Waals surface area contributed by atoms with Crippen LogP contribution in [0.1, 0.15) is 11.4 Å². The molecule has 2 heterocycles. The number of aryl methyl sites for hydroxylation is 1. The summed E-state index contributed by atoms with van der Waals surface area (Å²) in [6.45, 7) is 0.621. The Morgan fingerprint density at radius 3 is 2.89 bits per heavy atom. The lowest BCUT2D eigenvalue weighted by molar-refractivity contribution is 0.754. The zero-order valence-electron chi connectivity index (χ0n) is 10.2. The molecule has 18 heavy (non-hydrogen) atoms. The van der Waals surface area contributed by atoms with Crippen LogP contribution >= 0.6 is 12.2 Å².